The van der Waals surface area contributed by atoms with Crippen LogP contribution in [-0.2, 0) is 20.7 Å². The fourth-order valence-corrected chi connectivity index (χ4v) is 4.13. The van der Waals surface area contributed by atoms with Crippen molar-refractivity contribution in [2.75, 3.05) is 38.3 Å². The van der Waals surface area contributed by atoms with Crippen LogP contribution in [0.5, 0.6) is 0 Å². The first-order valence-electron chi connectivity index (χ1n) is 9.63. The van der Waals surface area contributed by atoms with Crippen LogP contribution in [0.4, 0.5) is 10.1 Å². The van der Waals surface area contributed by atoms with Crippen molar-refractivity contribution in [3.8, 4) is 0 Å². The van der Waals surface area contributed by atoms with Crippen LogP contribution in [0.2, 0.25) is 0 Å². The molecular weight excluding hydrogens is 363 g/mol. The summed E-state index contributed by atoms with van der Waals surface area (Å²) < 4.78 is 19.9. The van der Waals surface area contributed by atoms with Gasteiger partial charge in [0.05, 0.1) is 19.6 Å². The summed E-state index contributed by atoms with van der Waals surface area (Å²) in [4.78, 5) is 30.4. The zero-order chi connectivity index (χ0) is 19.8. The zero-order valence-electron chi connectivity index (χ0n) is 16.2. The van der Waals surface area contributed by atoms with Crippen molar-refractivity contribution in [3.63, 3.8) is 0 Å². The van der Waals surface area contributed by atoms with E-state index in [-0.39, 0.29) is 24.2 Å². The highest BCUT2D eigenvalue weighted by atomic mass is 19.1. The number of hydrogen-bond donors (Lipinski definition) is 1. The Balaban J connectivity index is 1.53. The zero-order valence-corrected chi connectivity index (χ0v) is 16.2. The summed E-state index contributed by atoms with van der Waals surface area (Å²) in [5.41, 5.74) is 2.06. The molecule has 0 aliphatic carbocycles. The van der Waals surface area contributed by atoms with Gasteiger partial charge in [-0.15, -0.1) is 0 Å². The number of para-hydroxylation sites is 1. The van der Waals surface area contributed by atoms with Gasteiger partial charge in [-0.05, 0) is 25.0 Å². The number of fused-ring (bicyclic) bond motifs is 1. The van der Waals surface area contributed by atoms with E-state index in [4.69, 9.17) is 4.74 Å². The van der Waals surface area contributed by atoms with Crippen LogP contribution in [0, 0.1) is 0 Å². The normalized spacial score (nSPS) is 25.1. The van der Waals surface area contributed by atoms with E-state index in [1.807, 2.05) is 31.2 Å². The minimum atomic E-state index is -0.812. The standard InChI is InChI=1S/C20H25FN4O3/c1-13-11-14-5-3-4-6-15(14)25(13)17(26)12-16-22-19(18(21)20(27)23(16)2)24-7-9-28-10-8-24/h3-6,13,16,22H,7-12H2,1-2H3/t13-,16?/m1/s1. The van der Waals surface area contributed by atoms with Gasteiger partial charge in [0.25, 0.3) is 5.91 Å². The fraction of sp³-hybridized carbons (Fsp3) is 0.500. The molecule has 1 saturated heterocycles. The predicted octanol–water partition coefficient (Wildman–Crippen LogP) is 1.21. The molecule has 7 nitrogen and oxygen atoms in total. The molecule has 1 N–H and O–H groups in total. The van der Waals surface area contributed by atoms with Crippen LogP contribution in [0.25, 0.3) is 0 Å². The summed E-state index contributed by atoms with van der Waals surface area (Å²) in [5, 5.41) is 3.08. The van der Waals surface area contributed by atoms with Gasteiger partial charge in [0.15, 0.2) is 0 Å². The molecule has 1 fully saturated rings. The summed E-state index contributed by atoms with van der Waals surface area (Å²) in [6.07, 6.45) is 0.280. The van der Waals surface area contributed by atoms with E-state index in [0.717, 1.165) is 17.7 Å². The van der Waals surface area contributed by atoms with Crippen molar-refractivity contribution < 1.29 is 18.7 Å². The van der Waals surface area contributed by atoms with E-state index < -0.39 is 17.9 Å². The Morgan fingerprint density at radius 3 is 2.75 bits per heavy atom. The lowest BCUT2D eigenvalue weighted by Crippen LogP contribution is -2.57. The highest BCUT2D eigenvalue weighted by Gasteiger charge is 2.38. The van der Waals surface area contributed by atoms with Crippen molar-refractivity contribution in [2.45, 2.75) is 32.0 Å². The van der Waals surface area contributed by atoms with Gasteiger partial charge in [-0.3, -0.25) is 9.59 Å². The molecule has 8 heteroatoms. The van der Waals surface area contributed by atoms with Gasteiger partial charge in [0.2, 0.25) is 11.7 Å². The SMILES string of the molecule is C[C@@H]1Cc2ccccc2N1C(=O)CC1NC(N2CCOCC2)=C(F)C(=O)N1C. The number of carbonyl (C=O) groups excluding carboxylic acids is 2. The quantitative estimate of drug-likeness (QED) is 0.843. The predicted molar refractivity (Wildman–Crippen MR) is 102 cm³/mol. The van der Waals surface area contributed by atoms with E-state index in [1.165, 1.54) is 11.9 Å². The highest BCUT2D eigenvalue weighted by molar-refractivity contribution is 5.98. The molecule has 2 amide bonds. The van der Waals surface area contributed by atoms with Crippen LogP contribution in [0.15, 0.2) is 35.9 Å². The van der Waals surface area contributed by atoms with E-state index >= 15 is 0 Å². The summed E-state index contributed by atoms with van der Waals surface area (Å²) in [6, 6.07) is 7.92. The molecule has 3 heterocycles. The number of amides is 2. The van der Waals surface area contributed by atoms with Crippen LogP contribution < -0.4 is 10.2 Å². The molecule has 2 atom stereocenters. The van der Waals surface area contributed by atoms with Gasteiger partial charge in [0, 0.05) is 31.9 Å². The number of rotatable bonds is 3. The van der Waals surface area contributed by atoms with Gasteiger partial charge in [-0.1, -0.05) is 18.2 Å². The molecule has 0 saturated carbocycles. The fourth-order valence-electron chi connectivity index (χ4n) is 4.13. The third kappa shape index (κ3) is 3.22. The van der Waals surface area contributed by atoms with Gasteiger partial charge in [-0.25, -0.2) is 0 Å². The van der Waals surface area contributed by atoms with E-state index in [2.05, 4.69) is 5.32 Å². The van der Waals surface area contributed by atoms with Gasteiger partial charge < -0.3 is 24.8 Å². The van der Waals surface area contributed by atoms with Crippen LogP contribution in [0.1, 0.15) is 18.9 Å². The third-order valence-corrected chi connectivity index (χ3v) is 5.66. The lowest BCUT2D eigenvalue weighted by atomic mass is 10.1. The van der Waals surface area contributed by atoms with Crippen molar-refractivity contribution in [1.82, 2.24) is 15.1 Å². The van der Waals surface area contributed by atoms with Crippen molar-refractivity contribution in [1.29, 1.82) is 0 Å². The van der Waals surface area contributed by atoms with Gasteiger partial charge in [0.1, 0.15) is 12.0 Å². The maximum absolute atomic E-state index is 14.6. The highest BCUT2D eigenvalue weighted by Crippen LogP contribution is 2.33. The number of benzene rings is 1. The monoisotopic (exact) mass is 388 g/mol. The average molecular weight is 388 g/mol. The minimum absolute atomic E-state index is 0.0560. The Morgan fingerprint density at radius 1 is 1.29 bits per heavy atom. The Kier molecular flexibility index (Phi) is 4.97. The Hall–Kier alpha value is -2.61. The maximum Gasteiger partial charge on any atom is 0.287 e. The number of carbonyl (C=O) groups is 2. The lowest BCUT2D eigenvalue weighted by molar-refractivity contribution is -0.133. The van der Waals surface area contributed by atoms with Crippen LogP contribution >= 0.6 is 0 Å². The molecule has 3 aliphatic heterocycles. The number of nitrogens with one attached hydrogen (secondary N) is 1. The molecular formula is C20H25FN4O3. The average Bonchev–Trinajstić information content (AvgIpc) is 3.04. The molecule has 0 radical (unpaired) electrons. The molecule has 1 aromatic rings. The molecule has 4 rings (SSSR count). The molecule has 1 unspecified atom stereocenters. The number of likely N-dealkylation sites (N-methyl/N-ethyl adjacent to an activating group) is 1. The number of halogens is 1. The first-order valence-corrected chi connectivity index (χ1v) is 9.63. The van der Waals surface area contributed by atoms with Crippen molar-refractivity contribution in [3.05, 3.63) is 41.5 Å². The first kappa shape index (κ1) is 18.7. The van der Waals surface area contributed by atoms with Crippen LogP contribution in [-0.4, -0.2) is 67.2 Å². The second kappa shape index (κ2) is 7.43. The second-order valence-electron chi connectivity index (χ2n) is 7.49. The summed E-state index contributed by atoms with van der Waals surface area (Å²) in [5.74, 6) is -1.43. The molecule has 1 aromatic carbocycles. The Bertz CT molecular complexity index is 821. The molecule has 0 bridgehead atoms. The van der Waals surface area contributed by atoms with Crippen molar-refractivity contribution >= 4 is 17.5 Å². The molecule has 150 valence electrons. The number of anilines is 1. The summed E-state index contributed by atoms with van der Waals surface area (Å²) >= 11 is 0. The number of nitrogens with zero attached hydrogens (tertiary/aromatic N) is 3. The van der Waals surface area contributed by atoms with Gasteiger partial charge >= 0.3 is 0 Å². The smallest absolute Gasteiger partial charge is 0.287 e. The maximum atomic E-state index is 14.6. The van der Waals surface area contributed by atoms with Gasteiger partial charge in [-0.2, -0.15) is 4.39 Å². The molecule has 0 aromatic heterocycles. The van der Waals surface area contributed by atoms with Crippen molar-refractivity contribution in [2.24, 2.45) is 0 Å². The molecule has 28 heavy (non-hydrogen) atoms. The Morgan fingerprint density at radius 2 is 2.00 bits per heavy atom. The molecule has 3 aliphatic rings. The Labute approximate surface area is 163 Å². The van der Waals surface area contributed by atoms with E-state index in [9.17, 15) is 14.0 Å². The second-order valence-corrected chi connectivity index (χ2v) is 7.49. The third-order valence-electron chi connectivity index (χ3n) is 5.66. The van der Waals surface area contributed by atoms with E-state index in [0.29, 0.717) is 26.3 Å². The number of hydrogen-bond acceptors (Lipinski definition) is 5. The van der Waals surface area contributed by atoms with E-state index in [1.54, 1.807) is 9.80 Å². The number of ether oxygens (including phenoxy) is 1. The lowest BCUT2D eigenvalue weighted by Gasteiger charge is -2.40. The number of morpholine rings is 1. The largest absolute Gasteiger partial charge is 0.378 e. The van der Waals surface area contributed by atoms with Crippen LogP contribution in [0.3, 0.4) is 0 Å². The summed E-state index contributed by atoms with van der Waals surface area (Å²) in [7, 11) is 1.52. The first-order chi connectivity index (χ1) is 13.5. The molecule has 0 spiro atoms. The minimum Gasteiger partial charge on any atom is -0.378 e. The summed E-state index contributed by atoms with van der Waals surface area (Å²) in [6.45, 7) is 3.98. The topological polar surface area (TPSA) is 65.1 Å².